The molecule has 6 aromatic rings. The van der Waals surface area contributed by atoms with Gasteiger partial charge in [0.1, 0.15) is 36.5 Å². The number of urea groups is 1. The number of benzene rings is 6. The number of carbonyl (C=O) groups is 5. The van der Waals surface area contributed by atoms with Crippen LogP contribution in [0.15, 0.2) is 152 Å². The predicted molar refractivity (Wildman–Crippen MR) is 277 cm³/mol. The highest BCUT2D eigenvalue weighted by atomic mass is 16.6. The molecule has 76 heavy (non-hydrogen) atoms. The Balaban J connectivity index is 1.21. The van der Waals surface area contributed by atoms with Crippen LogP contribution < -0.4 is 30.9 Å². The molecule has 6 atom stereocenters. The number of ether oxygens (including phenoxy) is 4. The Morgan fingerprint density at radius 2 is 1.53 bits per heavy atom. The number of nitro groups is 1. The molecule has 4 aliphatic rings. The predicted octanol–water partition coefficient (Wildman–Crippen LogP) is 6.46. The van der Waals surface area contributed by atoms with Crippen molar-refractivity contribution in [3.05, 3.63) is 195 Å². The van der Waals surface area contributed by atoms with Crippen molar-refractivity contribution in [1.29, 1.82) is 0 Å². The lowest BCUT2D eigenvalue weighted by molar-refractivity contribution is -0.384. The largest absolute Gasteiger partial charge is 0.491 e. The molecule has 4 heterocycles. The van der Waals surface area contributed by atoms with Crippen molar-refractivity contribution < 1.29 is 52.9 Å². The van der Waals surface area contributed by atoms with Crippen LogP contribution in [0, 0.1) is 27.9 Å². The average molecular weight is 1030 g/mol. The number of anilines is 3. The maximum absolute atomic E-state index is 16.7. The number of primary amides is 1. The van der Waals surface area contributed by atoms with E-state index in [2.05, 4.69) is 27.4 Å². The molecule has 6 unspecified atom stereocenters. The number of nitrogens with one attached hydrogen (secondary N) is 2. The lowest BCUT2D eigenvalue weighted by atomic mass is 9.65. The summed E-state index contributed by atoms with van der Waals surface area (Å²) in [5.74, 6) is 2.00. The van der Waals surface area contributed by atoms with Gasteiger partial charge >= 0.3 is 18.1 Å². The van der Waals surface area contributed by atoms with Gasteiger partial charge in [0.2, 0.25) is 11.8 Å². The van der Waals surface area contributed by atoms with Crippen LogP contribution in [0.3, 0.4) is 0 Å². The number of aliphatic hydroxyl groups is 1. The molecule has 4 aliphatic heterocycles. The number of non-ortho nitro benzene ring substituents is 1. The fraction of sp³-hybridized carbons (Fsp3) is 0.246. The van der Waals surface area contributed by atoms with Gasteiger partial charge in [0.05, 0.1) is 55.0 Å². The molecule has 0 radical (unpaired) electrons. The van der Waals surface area contributed by atoms with Gasteiger partial charge in [0.15, 0.2) is 0 Å². The molecule has 19 heteroatoms. The molecule has 10 rings (SSSR count). The van der Waals surface area contributed by atoms with Crippen molar-refractivity contribution >= 4 is 52.7 Å². The summed E-state index contributed by atoms with van der Waals surface area (Å²) >= 11 is 0. The highest BCUT2D eigenvalue weighted by Gasteiger charge is 2.76. The molecule has 386 valence electrons. The van der Waals surface area contributed by atoms with Gasteiger partial charge < -0.3 is 45.3 Å². The number of fused-ring (bicyclic) bond motifs is 3. The van der Waals surface area contributed by atoms with Crippen LogP contribution in [-0.4, -0.2) is 96.9 Å². The minimum atomic E-state index is -2.22. The average Bonchev–Trinajstić information content (AvgIpc) is 4.09. The number of nitrogens with zero attached hydrogens (tertiary/aromatic N) is 4. The zero-order chi connectivity index (χ0) is 52.9. The van der Waals surface area contributed by atoms with Crippen molar-refractivity contribution in [2.45, 2.75) is 36.3 Å². The topological polar surface area (TPSA) is 245 Å². The zero-order valence-electron chi connectivity index (χ0n) is 40.8. The fourth-order valence-electron chi connectivity index (χ4n) is 10.9. The normalized spacial score (nSPS) is 21.6. The molecule has 1 spiro atoms. The third-order valence-electron chi connectivity index (χ3n) is 14.1. The first-order valence-corrected chi connectivity index (χ1v) is 24.5. The van der Waals surface area contributed by atoms with Gasteiger partial charge in [-0.15, -0.1) is 0 Å². The summed E-state index contributed by atoms with van der Waals surface area (Å²) in [5, 5.41) is 26.8. The third kappa shape index (κ3) is 9.63. The third-order valence-corrected chi connectivity index (χ3v) is 14.1. The van der Waals surface area contributed by atoms with Crippen LogP contribution in [0.1, 0.15) is 51.6 Å². The lowest BCUT2D eigenvalue weighted by Gasteiger charge is -2.46. The van der Waals surface area contributed by atoms with Gasteiger partial charge in [-0.1, -0.05) is 84.6 Å². The molecule has 3 fully saturated rings. The number of hydrogen-bond acceptors (Lipinski definition) is 14. The molecule has 0 bridgehead atoms. The summed E-state index contributed by atoms with van der Waals surface area (Å²) in [7, 11) is 0. The van der Waals surface area contributed by atoms with Crippen LogP contribution in [0.5, 0.6) is 5.75 Å². The summed E-state index contributed by atoms with van der Waals surface area (Å²) < 4.78 is 24.0. The number of aliphatic hydroxyl groups excluding tert-OH is 1. The number of nitrogens with two attached hydrogens (primary N) is 1. The molecular formula is C57H51N7O12. The summed E-state index contributed by atoms with van der Waals surface area (Å²) in [6.45, 7) is 1.49. The van der Waals surface area contributed by atoms with Crippen LogP contribution in [0.4, 0.5) is 32.3 Å². The van der Waals surface area contributed by atoms with Gasteiger partial charge in [-0.05, 0) is 94.5 Å². The Morgan fingerprint density at radius 1 is 0.829 bits per heavy atom. The first-order chi connectivity index (χ1) is 37.0. The Hall–Kier alpha value is -9.09. The molecule has 3 saturated heterocycles. The van der Waals surface area contributed by atoms with Gasteiger partial charge in [-0.2, -0.15) is 0 Å². The monoisotopic (exact) mass is 1030 g/mol. The maximum atomic E-state index is 16.7. The number of morpholine rings is 2. The highest BCUT2D eigenvalue weighted by molar-refractivity contribution is 6.24. The second-order valence-corrected chi connectivity index (χ2v) is 18.4. The van der Waals surface area contributed by atoms with Crippen molar-refractivity contribution in [1.82, 2.24) is 10.2 Å². The molecule has 5 N–H and O–H groups in total. The van der Waals surface area contributed by atoms with Crippen LogP contribution >= 0.6 is 0 Å². The summed E-state index contributed by atoms with van der Waals surface area (Å²) in [4.78, 5) is 90.7. The molecular weight excluding hydrogens is 975 g/mol. The molecule has 19 nitrogen and oxygen atoms in total. The van der Waals surface area contributed by atoms with Crippen molar-refractivity contribution in [3.8, 4) is 17.6 Å². The molecule has 0 saturated carbocycles. The van der Waals surface area contributed by atoms with E-state index in [4.69, 9.17) is 24.7 Å². The molecule has 0 aromatic heterocycles. The smallest absolute Gasteiger partial charge is 0.421 e. The number of nitro benzene ring substituents is 1. The minimum absolute atomic E-state index is 0.0222. The second-order valence-electron chi connectivity index (χ2n) is 18.4. The standard InChI is InChI=1S/C57H51N7O12/c58-55(69)59-26-8-9-36-18-25-46-45(33-36)57(54(68)62(46)56(70)75-35-37-16-21-43(22-17-37)64(71)72)47(52(66)60-41-19-23-42(24-20-41)61-27-30-73-31-28-61)49-53(67)76-50(39-12-5-2-6-13-39)48(38-10-3-1-4-11-38)63(49)51(57)40-14-7-15-44(34-40)74-32-29-65/h1-7,10-25,33-34,47-51,65H,26-32,35H2,(H,60,66)(H3,58,59,69). The first-order valence-electron chi connectivity index (χ1n) is 24.5. The number of cyclic esters (lactones) is 1. The number of imide groups is 1. The van der Waals surface area contributed by atoms with Crippen molar-refractivity contribution in [3.63, 3.8) is 0 Å². The van der Waals surface area contributed by atoms with Crippen LogP contribution in [0.25, 0.3) is 0 Å². The molecule has 6 aromatic carbocycles. The Labute approximate surface area is 436 Å². The minimum Gasteiger partial charge on any atom is -0.491 e. The Morgan fingerprint density at radius 3 is 2.21 bits per heavy atom. The fourth-order valence-corrected chi connectivity index (χ4v) is 10.9. The number of rotatable bonds is 13. The first kappa shape index (κ1) is 50.4. The number of esters is 1. The van der Waals surface area contributed by atoms with Crippen molar-refractivity contribution in [2.24, 2.45) is 11.7 Å². The molecule has 0 aliphatic carbocycles. The second kappa shape index (κ2) is 21.8. The molecule has 5 amide bonds. The van der Waals surface area contributed by atoms with Gasteiger partial charge in [-0.3, -0.25) is 29.4 Å². The van der Waals surface area contributed by atoms with Gasteiger partial charge in [0, 0.05) is 42.2 Å². The number of carbonyl (C=O) groups excluding carboxylic acids is 5. The zero-order valence-corrected chi connectivity index (χ0v) is 40.8. The van der Waals surface area contributed by atoms with Crippen LogP contribution in [-0.2, 0) is 40.6 Å². The van der Waals surface area contributed by atoms with E-state index in [1.165, 1.54) is 30.3 Å². The van der Waals surface area contributed by atoms with E-state index >= 15 is 14.4 Å². The van der Waals surface area contributed by atoms with E-state index in [1.54, 1.807) is 48.5 Å². The SMILES string of the molecule is NC(=O)NCC#Cc1ccc2c(c1)C1(C(=O)N2C(=O)OCc2ccc([N+](=O)[O-])cc2)C(C(=O)Nc2ccc(N3CCOCC3)cc2)C2C(=O)OC(c3ccccc3)C(c3ccccc3)N2C1c1cccc(OCCO)c1. The summed E-state index contributed by atoms with van der Waals surface area (Å²) in [6, 6.07) is 37.9. The van der Waals surface area contributed by atoms with Gasteiger partial charge in [0.25, 0.3) is 5.69 Å². The van der Waals surface area contributed by atoms with Gasteiger partial charge in [-0.25, -0.2) is 14.5 Å². The van der Waals surface area contributed by atoms with E-state index < -0.39 is 77.0 Å². The van der Waals surface area contributed by atoms with E-state index in [9.17, 15) is 24.8 Å². The van der Waals surface area contributed by atoms with E-state index in [0.717, 1.165) is 10.6 Å². The number of hydrogen-bond donors (Lipinski definition) is 4. The number of amides is 5. The van der Waals surface area contributed by atoms with E-state index in [0.29, 0.717) is 65.6 Å². The lowest BCUT2D eigenvalue weighted by Crippen LogP contribution is -2.54. The quantitative estimate of drug-likeness (QED) is 0.0420. The van der Waals surface area contributed by atoms with Crippen LogP contribution in [0.2, 0.25) is 0 Å². The summed E-state index contributed by atoms with van der Waals surface area (Å²) in [6.07, 6.45) is -2.15. The highest BCUT2D eigenvalue weighted by Crippen LogP contribution is 2.66. The maximum Gasteiger partial charge on any atom is 0.421 e. The van der Waals surface area contributed by atoms with E-state index in [-0.39, 0.29) is 36.7 Å². The Bertz CT molecular complexity index is 3240. The van der Waals surface area contributed by atoms with E-state index in [1.807, 2.05) is 77.7 Å². The Kier molecular flexibility index (Phi) is 14.5. The summed E-state index contributed by atoms with van der Waals surface area (Å²) in [5.41, 5.74) is 6.73. The van der Waals surface area contributed by atoms with Crippen molar-refractivity contribution in [2.75, 3.05) is 61.2 Å².